The van der Waals surface area contributed by atoms with Crippen LogP contribution in [0.3, 0.4) is 0 Å². The van der Waals surface area contributed by atoms with Crippen LogP contribution in [-0.4, -0.2) is 40.3 Å². The van der Waals surface area contributed by atoms with Crippen LogP contribution in [0.2, 0.25) is 0 Å². The zero-order chi connectivity index (χ0) is 22.9. The molecule has 2 aliphatic carbocycles. The monoisotopic (exact) mass is 436 g/mol. The maximum atomic E-state index is 13.9. The van der Waals surface area contributed by atoms with Crippen molar-refractivity contribution < 1.29 is 18.3 Å². The van der Waals surface area contributed by atoms with Crippen LogP contribution >= 0.6 is 0 Å². The predicted molar refractivity (Wildman–Crippen MR) is 126 cm³/mol. The van der Waals surface area contributed by atoms with E-state index < -0.39 is 22.6 Å². The van der Waals surface area contributed by atoms with E-state index in [-0.39, 0.29) is 17.5 Å². The lowest BCUT2D eigenvalue weighted by atomic mass is 9.44. The molecule has 1 unspecified atom stereocenters. The number of aliphatic imine (C=N–C) groups is 1. The van der Waals surface area contributed by atoms with Gasteiger partial charge in [0.05, 0.1) is 11.5 Å². The van der Waals surface area contributed by atoms with E-state index in [1.807, 2.05) is 12.1 Å². The summed E-state index contributed by atoms with van der Waals surface area (Å²) in [6, 6.07) is 9.88. The molecule has 8 heteroatoms. The molecule has 0 aromatic heterocycles. The summed E-state index contributed by atoms with van der Waals surface area (Å²) < 4.78 is 39.8. The zero-order valence-electron chi connectivity index (χ0n) is 19.0. The third-order valence-electron chi connectivity index (χ3n) is 8.06. The van der Waals surface area contributed by atoms with Crippen molar-refractivity contribution in [3.05, 3.63) is 59.2 Å². The van der Waals surface area contributed by atoms with Gasteiger partial charge in [0.25, 0.3) is 6.02 Å². The number of methoxy groups -OCH3 is 1. The fraction of sp³-hybridized carbons (Fsp3) is 0.458. The van der Waals surface area contributed by atoms with Crippen molar-refractivity contribution in [2.24, 2.45) is 22.1 Å². The summed E-state index contributed by atoms with van der Waals surface area (Å²) in [5.74, 6) is -0.820. The number of hydrogen-bond donors (Lipinski definition) is 1. The van der Waals surface area contributed by atoms with Crippen LogP contribution in [0.25, 0.3) is 11.1 Å². The first-order valence-corrected chi connectivity index (χ1v) is 11.3. The molecule has 32 heavy (non-hydrogen) atoms. The molecule has 2 spiro atoms. The number of ether oxygens (including phenoxy) is 2. The predicted octanol–water partition coefficient (Wildman–Crippen LogP) is 2.47. The Balaban J connectivity index is 1.70. The Bertz CT molecular complexity index is 1100. The molecule has 1 aliphatic heterocycles. The zero-order valence-corrected chi connectivity index (χ0v) is 19.0. The van der Waals surface area contributed by atoms with Gasteiger partial charge in [-0.3, -0.25) is 0 Å². The Kier molecular flexibility index (Phi) is 4.76. The summed E-state index contributed by atoms with van der Waals surface area (Å²) in [5.41, 5.74) is 8.87. The molecule has 4 nitrogen and oxygen atoms in total. The summed E-state index contributed by atoms with van der Waals surface area (Å²) >= 11 is 0. The third kappa shape index (κ3) is 2.88. The Morgan fingerprint density at radius 1 is 1.12 bits per heavy atom. The second kappa shape index (κ2) is 7.08. The van der Waals surface area contributed by atoms with Crippen molar-refractivity contribution in [2.75, 3.05) is 7.11 Å². The molecule has 2 aromatic carbocycles. The number of benzene rings is 2. The minimum Gasteiger partial charge on any atom is -0.475 e. The number of nitrogens with two attached hydrogens (primary N) is 1. The molecular weight excluding hydrogens is 408 g/mol. The van der Waals surface area contributed by atoms with E-state index in [1.54, 1.807) is 7.11 Å². The highest BCUT2D eigenvalue weighted by atomic mass is 19.1. The van der Waals surface area contributed by atoms with Crippen LogP contribution in [0.5, 0.6) is 0 Å². The summed E-state index contributed by atoms with van der Waals surface area (Å²) in [7, 11) is 5.88. The van der Waals surface area contributed by atoms with Crippen LogP contribution in [-0.2, 0) is 21.4 Å². The number of fused-ring (bicyclic) bond motifs is 3. The van der Waals surface area contributed by atoms with Gasteiger partial charge >= 0.3 is 0 Å². The quantitative estimate of drug-likeness (QED) is 0.737. The van der Waals surface area contributed by atoms with E-state index in [4.69, 9.17) is 20.2 Å². The summed E-state index contributed by atoms with van der Waals surface area (Å²) in [4.78, 5) is 5.03. The Labute approximate surface area is 189 Å². The molecule has 0 radical (unpaired) electrons. The van der Waals surface area contributed by atoms with E-state index in [0.717, 1.165) is 42.9 Å². The van der Waals surface area contributed by atoms with Crippen molar-refractivity contribution in [1.82, 2.24) is 0 Å². The third-order valence-corrected chi connectivity index (χ3v) is 8.06. The number of amidine groups is 1. The Morgan fingerprint density at radius 2 is 1.84 bits per heavy atom. The van der Waals surface area contributed by atoms with Crippen LogP contribution in [0.15, 0.2) is 41.4 Å². The van der Waals surface area contributed by atoms with Crippen molar-refractivity contribution in [1.29, 1.82) is 0 Å². The van der Waals surface area contributed by atoms with Crippen LogP contribution in [0.1, 0.15) is 37.3 Å². The molecule has 1 saturated carbocycles. The fourth-order valence-corrected chi connectivity index (χ4v) is 6.94. The summed E-state index contributed by atoms with van der Waals surface area (Å²) in [6.07, 6.45) is 3.91. The van der Waals surface area contributed by atoms with Gasteiger partial charge in [-0.1, -0.05) is 19.1 Å². The fourth-order valence-electron chi connectivity index (χ4n) is 6.94. The average Bonchev–Trinajstić information content (AvgIpc) is 3.11. The van der Waals surface area contributed by atoms with Gasteiger partial charge in [-0.25, -0.2) is 13.8 Å². The molecule has 2 N–H and O–H groups in total. The molecule has 2 aromatic rings. The first-order chi connectivity index (χ1) is 15.1. The number of halogens is 2. The van der Waals surface area contributed by atoms with Crippen LogP contribution in [0.4, 0.5) is 8.78 Å². The minimum atomic E-state index is -0.672. The second-order valence-corrected chi connectivity index (χ2v) is 10.3. The van der Waals surface area contributed by atoms with E-state index >= 15 is 0 Å². The maximum absolute atomic E-state index is 13.9. The van der Waals surface area contributed by atoms with E-state index in [0.29, 0.717) is 11.5 Å². The lowest BCUT2D eigenvalue weighted by Crippen LogP contribution is -2.60. The molecule has 1 heterocycles. The lowest BCUT2D eigenvalue weighted by molar-refractivity contribution is -0.0559. The van der Waals surface area contributed by atoms with E-state index in [9.17, 15) is 8.78 Å². The molecule has 3 aliphatic rings. The molecule has 0 amide bonds. The molecule has 5 rings (SSSR count). The topological polar surface area (TPSA) is 56.8 Å². The average molecular weight is 436 g/mol. The van der Waals surface area contributed by atoms with E-state index in [1.165, 1.54) is 17.7 Å². The van der Waals surface area contributed by atoms with Gasteiger partial charge in [-0.05, 0) is 72.1 Å². The Morgan fingerprint density at radius 3 is 2.44 bits per heavy atom. The highest BCUT2D eigenvalue weighted by Gasteiger charge is 2.68. The highest BCUT2D eigenvalue weighted by molar-refractivity contribution is 6.41. The number of hydrogen-bond acceptors (Lipinski definition) is 4. The minimum absolute atomic E-state index is 0.166. The van der Waals surface area contributed by atoms with Crippen LogP contribution in [0, 0.1) is 23.0 Å². The van der Waals surface area contributed by atoms with Gasteiger partial charge in [0.15, 0.2) is 15.7 Å². The lowest BCUT2D eigenvalue weighted by Gasteiger charge is -2.53. The number of rotatable bonds is 2. The number of nitrogens with zero attached hydrogens (tertiary/aromatic N) is 1. The van der Waals surface area contributed by atoms with Crippen LogP contribution < -0.4 is 5.73 Å². The van der Waals surface area contributed by atoms with Gasteiger partial charge < -0.3 is 15.2 Å². The molecule has 166 valence electrons. The molecule has 0 bridgehead atoms. The normalized spacial score (nSPS) is 32.7. The van der Waals surface area contributed by atoms with Gasteiger partial charge in [-0.2, -0.15) is 0 Å². The Hall–Kier alpha value is -2.34. The first kappa shape index (κ1) is 21.5. The maximum Gasteiger partial charge on any atom is 0.282 e. The second-order valence-electron chi connectivity index (χ2n) is 10.3. The molecule has 0 saturated heterocycles. The van der Waals surface area contributed by atoms with Crippen molar-refractivity contribution in [2.45, 2.75) is 49.6 Å². The largest absolute Gasteiger partial charge is 0.475 e. The van der Waals surface area contributed by atoms with Crippen molar-refractivity contribution >= 4 is 21.7 Å². The van der Waals surface area contributed by atoms with Crippen molar-refractivity contribution in [3.8, 4) is 11.1 Å². The van der Waals surface area contributed by atoms with E-state index in [2.05, 4.69) is 28.7 Å². The SMILES string of the molecule is BC1(B)OC(N)=NC12c1cc(-c3cc(F)cc(F)c3)ccc1C[C@@]21CC[C@H](OC)[C@@H](C)C1. The van der Waals surface area contributed by atoms with Gasteiger partial charge in [-0.15, -0.1) is 0 Å². The first-order valence-electron chi connectivity index (χ1n) is 11.3. The van der Waals surface area contributed by atoms with Gasteiger partial charge in [0.1, 0.15) is 17.2 Å². The molecule has 1 fully saturated rings. The van der Waals surface area contributed by atoms with Gasteiger partial charge in [0.2, 0.25) is 0 Å². The highest BCUT2D eigenvalue weighted by Crippen LogP contribution is 2.65. The van der Waals surface area contributed by atoms with Crippen molar-refractivity contribution in [3.63, 3.8) is 0 Å². The standard InChI is InChI=1S/C24H28B2F2N2O2/c1-13-11-22(6-5-20(13)31-2)12-15-4-3-14(16-7-17(27)10-18(28)8-16)9-19(15)23(22)24(25,26)32-21(29)30-23/h3-4,7-10,13,20H,5-6,11-12,25-26H2,1-2H3,(H2,29,30)/t13-,20-,22-,23?/m0/s1. The smallest absolute Gasteiger partial charge is 0.282 e. The summed E-state index contributed by atoms with van der Waals surface area (Å²) in [5, 5.41) is -0.659. The molecule has 4 atom stereocenters. The molecular formula is C24H28B2F2N2O2. The van der Waals surface area contributed by atoms with Gasteiger partial charge in [0, 0.05) is 18.6 Å². The summed E-state index contributed by atoms with van der Waals surface area (Å²) in [6.45, 7) is 2.24.